The number of hydrogen-bond acceptors (Lipinski definition) is 3. The minimum Gasteiger partial charge on any atom is -0.319 e. The molecule has 1 amide bonds. The van der Waals surface area contributed by atoms with Crippen LogP contribution in [0, 0.1) is 18.3 Å². The Morgan fingerprint density at radius 1 is 1.47 bits per heavy atom. The van der Waals surface area contributed by atoms with E-state index in [1.165, 1.54) is 0 Å². The van der Waals surface area contributed by atoms with Crippen molar-refractivity contribution in [1.29, 1.82) is 5.26 Å². The lowest BCUT2D eigenvalue weighted by Crippen LogP contribution is -2.14. The Bertz CT molecular complexity index is 595. The van der Waals surface area contributed by atoms with E-state index < -0.39 is 0 Å². The summed E-state index contributed by atoms with van der Waals surface area (Å²) in [5.74, 6) is -0.303. The Morgan fingerprint density at radius 2 is 2.24 bits per heavy atom. The summed E-state index contributed by atoms with van der Waals surface area (Å²) in [6.07, 6.45) is 1.57. The fourth-order valence-corrected chi connectivity index (χ4v) is 1.45. The molecule has 2 N–H and O–H groups in total. The number of nitrogens with zero attached hydrogens (tertiary/aromatic N) is 2. The molecule has 5 nitrogen and oxygen atoms in total. The number of benzene rings is 1. The maximum absolute atomic E-state index is 11.9. The molecule has 1 aromatic carbocycles. The van der Waals surface area contributed by atoms with Crippen molar-refractivity contribution in [3.05, 3.63) is 47.3 Å². The van der Waals surface area contributed by atoms with Crippen molar-refractivity contribution in [1.82, 2.24) is 10.2 Å². The van der Waals surface area contributed by atoms with E-state index in [-0.39, 0.29) is 5.91 Å². The normalized spacial score (nSPS) is 9.65. The number of carbonyl (C=O) groups excluding carboxylic acids is 1. The molecule has 0 aliphatic heterocycles. The number of aryl methyl sites for hydroxylation is 1. The second-order valence-electron chi connectivity index (χ2n) is 3.54. The van der Waals surface area contributed by atoms with Crippen molar-refractivity contribution in [2.45, 2.75) is 6.92 Å². The molecule has 17 heavy (non-hydrogen) atoms. The molecule has 2 rings (SSSR count). The molecule has 1 aromatic heterocycles. The van der Waals surface area contributed by atoms with Gasteiger partial charge in [-0.25, -0.2) is 0 Å². The first kappa shape index (κ1) is 10.9. The average molecular weight is 226 g/mol. The summed E-state index contributed by atoms with van der Waals surface area (Å²) in [6.45, 7) is 1.79. The van der Waals surface area contributed by atoms with E-state index in [0.29, 0.717) is 16.9 Å². The molecule has 0 atom stereocenters. The first-order chi connectivity index (χ1) is 8.22. The predicted molar refractivity (Wildman–Crippen MR) is 62.4 cm³/mol. The molecule has 0 spiro atoms. The summed E-state index contributed by atoms with van der Waals surface area (Å²) in [7, 11) is 0. The summed E-state index contributed by atoms with van der Waals surface area (Å²) < 4.78 is 0. The van der Waals surface area contributed by atoms with Gasteiger partial charge in [-0.05, 0) is 24.6 Å². The highest BCUT2D eigenvalue weighted by Gasteiger charge is 2.12. The molecule has 2 aromatic rings. The number of carbonyl (C=O) groups is 1. The molecule has 5 heteroatoms. The van der Waals surface area contributed by atoms with Gasteiger partial charge in [-0.15, -0.1) is 0 Å². The Labute approximate surface area is 98.1 Å². The fourth-order valence-electron chi connectivity index (χ4n) is 1.45. The zero-order valence-corrected chi connectivity index (χ0v) is 9.19. The summed E-state index contributed by atoms with van der Waals surface area (Å²) >= 11 is 0. The zero-order valence-electron chi connectivity index (χ0n) is 9.19. The molecule has 1 heterocycles. The van der Waals surface area contributed by atoms with Crippen LogP contribution in [0.1, 0.15) is 21.6 Å². The lowest BCUT2D eigenvalue weighted by molar-refractivity contribution is 0.102. The molecule has 0 unspecified atom stereocenters. The molecular weight excluding hydrogens is 216 g/mol. The second kappa shape index (κ2) is 4.49. The fraction of sp³-hybridized carbons (Fsp3) is 0.0833. The summed E-state index contributed by atoms with van der Waals surface area (Å²) in [4.78, 5) is 11.9. The Balaban J connectivity index is 2.26. The third kappa shape index (κ3) is 2.16. The van der Waals surface area contributed by atoms with Crippen molar-refractivity contribution < 1.29 is 4.79 Å². The summed E-state index contributed by atoms with van der Waals surface area (Å²) in [5, 5.41) is 18.0. The largest absolute Gasteiger partial charge is 0.319 e. The highest BCUT2D eigenvalue weighted by molar-refractivity contribution is 6.04. The lowest BCUT2D eigenvalue weighted by Gasteiger charge is -2.05. The minimum absolute atomic E-state index is 0.303. The maximum atomic E-state index is 11.9. The van der Waals surface area contributed by atoms with Crippen LogP contribution < -0.4 is 5.32 Å². The van der Waals surface area contributed by atoms with Crippen LogP contribution in [0.2, 0.25) is 0 Å². The number of rotatable bonds is 2. The van der Waals surface area contributed by atoms with Crippen LogP contribution in [0.15, 0.2) is 30.5 Å². The average Bonchev–Trinajstić information content (AvgIpc) is 2.76. The van der Waals surface area contributed by atoms with E-state index >= 15 is 0 Å². The molecule has 84 valence electrons. The quantitative estimate of drug-likeness (QED) is 0.819. The van der Waals surface area contributed by atoms with Crippen LogP contribution in [-0.4, -0.2) is 16.1 Å². The number of nitriles is 1. The van der Waals surface area contributed by atoms with Crippen LogP contribution in [0.5, 0.6) is 0 Å². The Morgan fingerprint density at radius 3 is 2.88 bits per heavy atom. The standard InChI is InChI=1S/C12H10N4O/c1-8-7-14-16-11(8)12(17)15-10-5-3-2-4-9(10)6-13/h2-5,7H,1H3,(H,14,16)(H,15,17). The molecule has 0 saturated heterocycles. The monoisotopic (exact) mass is 226 g/mol. The number of amides is 1. The van der Waals surface area contributed by atoms with Gasteiger partial charge in [0.05, 0.1) is 17.4 Å². The van der Waals surface area contributed by atoms with Gasteiger partial charge < -0.3 is 5.32 Å². The van der Waals surface area contributed by atoms with Gasteiger partial charge in [-0.1, -0.05) is 12.1 Å². The first-order valence-corrected chi connectivity index (χ1v) is 5.03. The molecular formula is C12H10N4O. The summed E-state index contributed by atoms with van der Waals surface area (Å²) in [6, 6.07) is 8.86. The van der Waals surface area contributed by atoms with Crippen molar-refractivity contribution >= 4 is 11.6 Å². The van der Waals surface area contributed by atoms with Crippen LogP contribution in [0.3, 0.4) is 0 Å². The van der Waals surface area contributed by atoms with Gasteiger partial charge in [0.15, 0.2) is 0 Å². The highest BCUT2D eigenvalue weighted by atomic mass is 16.1. The number of aromatic amines is 1. The van der Waals surface area contributed by atoms with Crippen molar-refractivity contribution in [2.75, 3.05) is 5.32 Å². The molecule has 0 fully saturated rings. The molecule has 0 aliphatic carbocycles. The number of aromatic nitrogens is 2. The van der Waals surface area contributed by atoms with E-state index in [4.69, 9.17) is 5.26 Å². The topological polar surface area (TPSA) is 81.6 Å². The number of anilines is 1. The van der Waals surface area contributed by atoms with E-state index in [2.05, 4.69) is 15.5 Å². The lowest BCUT2D eigenvalue weighted by atomic mass is 10.2. The zero-order chi connectivity index (χ0) is 12.3. The maximum Gasteiger partial charge on any atom is 0.273 e. The number of para-hydroxylation sites is 1. The van der Waals surface area contributed by atoms with E-state index in [9.17, 15) is 4.79 Å². The van der Waals surface area contributed by atoms with Crippen LogP contribution in [-0.2, 0) is 0 Å². The van der Waals surface area contributed by atoms with E-state index in [0.717, 1.165) is 5.56 Å². The molecule has 0 bridgehead atoms. The highest BCUT2D eigenvalue weighted by Crippen LogP contribution is 2.15. The Kier molecular flexibility index (Phi) is 2.88. The predicted octanol–water partition coefficient (Wildman–Crippen LogP) is 1.84. The summed E-state index contributed by atoms with van der Waals surface area (Å²) in [5.41, 5.74) is 2.08. The van der Waals surface area contributed by atoms with Gasteiger partial charge in [-0.2, -0.15) is 10.4 Å². The van der Waals surface area contributed by atoms with Gasteiger partial charge >= 0.3 is 0 Å². The van der Waals surface area contributed by atoms with Gasteiger partial charge in [-0.3, -0.25) is 9.89 Å². The SMILES string of the molecule is Cc1cn[nH]c1C(=O)Nc1ccccc1C#N. The van der Waals surface area contributed by atoms with Gasteiger partial charge in [0, 0.05) is 0 Å². The number of nitrogens with one attached hydrogen (secondary N) is 2. The van der Waals surface area contributed by atoms with Crippen LogP contribution in [0.25, 0.3) is 0 Å². The van der Waals surface area contributed by atoms with Crippen LogP contribution in [0.4, 0.5) is 5.69 Å². The molecule has 0 aliphatic rings. The Hall–Kier alpha value is -2.61. The third-order valence-electron chi connectivity index (χ3n) is 2.35. The van der Waals surface area contributed by atoms with Crippen LogP contribution >= 0.6 is 0 Å². The third-order valence-corrected chi connectivity index (χ3v) is 2.35. The van der Waals surface area contributed by atoms with E-state index in [1.807, 2.05) is 6.07 Å². The van der Waals surface area contributed by atoms with E-state index in [1.54, 1.807) is 37.4 Å². The smallest absolute Gasteiger partial charge is 0.273 e. The number of H-pyrrole nitrogens is 1. The number of hydrogen-bond donors (Lipinski definition) is 2. The van der Waals surface area contributed by atoms with Gasteiger partial charge in [0.1, 0.15) is 11.8 Å². The van der Waals surface area contributed by atoms with Crippen molar-refractivity contribution in [3.63, 3.8) is 0 Å². The first-order valence-electron chi connectivity index (χ1n) is 5.03. The van der Waals surface area contributed by atoms with Crippen molar-refractivity contribution in [2.24, 2.45) is 0 Å². The second-order valence-corrected chi connectivity index (χ2v) is 3.54. The molecule has 0 radical (unpaired) electrons. The van der Waals surface area contributed by atoms with Crippen molar-refractivity contribution in [3.8, 4) is 6.07 Å². The van der Waals surface area contributed by atoms with Gasteiger partial charge in [0.25, 0.3) is 5.91 Å². The molecule has 0 saturated carbocycles. The van der Waals surface area contributed by atoms with Gasteiger partial charge in [0.2, 0.25) is 0 Å². The minimum atomic E-state index is -0.303.